The molecule has 1 unspecified atom stereocenters. The van der Waals surface area contributed by atoms with Gasteiger partial charge < -0.3 is 13.9 Å². The van der Waals surface area contributed by atoms with Crippen LogP contribution >= 0.6 is 0 Å². The summed E-state index contributed by atoms with van der Waals surface area (Å²) < 4.78 is 18.1. The van der Waals surface area contributed by atoms with E-state index in [4.69, 9.17) is 13.9 Å². The molecule has 31 heavy (non-hydrogen) atoms. The zero-order valence-electron chi connectivity index (χ0n) is 19.2. The van der Waals surface area contributed by atoms with Crippen molar-refractivity contribution in [2.75, 3.05) is 13.2 Å². The van der Waals surface area contributed by atoms with Crippen molar-refractivity contribution in [2.45, 2.75) is 64.1 Å². The van der Waals surface area contributed by atoms with Crippen molar-refractivity contribution in [3.63, 3.8) is 0 Å². The number of hydrogen-bond acceptors (Lipinski definition) is 5. The van der Waals surface area contributed by atoms with Crippen LogP contribution < -0.4 is 4.74 Å². The lowest BCUT2D eigenvalue weighted by Crippen LogP contribution is -2.45. The van der Waals surface area contributed by atoms with Crippen molar-refractivity contribution in [3.8, 4) is 5.75 Å². The predicted molar refractivity (Wildman–Crippen MR) is 124 cm³/mol. The quantitative estimate of drug-likeness (QED) is 0.547. The highest BCUT2D eigenvalue weighted by Gasteiger charge is 2.44. The van der Waals surface area contributed by atoms with Crippen LogP contribution in [0, 0.1) is 0 Å². The van der Waals surface area contributed by atoms with Crippen molar-refractivity contribution in [3.05, 3.63) is 60.4 Å². The summed E-state index contributed by atoms with van der Waals surface area (Å²) in [4.78, 5) is 18.8. The van der Waals surface area contributed by atoms with Crippen LogP contribution in [0.15, 0.2) is 54.9 Å². The Bertz CT molecular complexity index is 840. The molecule has 1 fully saturated rings. The smallest absolute Gasteiger partial charge is 0.410 e. The maximum atomic E-state index is 12.9. The first-order valence-electron chi connectivity index (χ1n) is 10.8. The van der Waals surface area contributed by atoms with Gasteiger partial charge in [0.25, 0.3) is 0 Å². The first-order valence-corrected chi connectivity index (χ1v) is 13.7. The van der Waals surface area contributed by atoms with E-state index in [-0.39, 0.29) is 29.9 Å². The minimum Gasteiger partial charge on any atom is -0.490 e. The molecule has 3 rings (SSSR count). The largest absolute Gasteiger partial charge is 0.490 e. The van der Waals surface area contributed by atoms with Gasteiger partial charge in [-0.3, -0.25) is 9.88 Å². The van der Waals surface area contributed by atoms with E-state index in [1.807, 2.05) is 42.5 Å². The molecule has 1 amide bonds. The number of rotatable bonds is 7. The normalized spacial score (nSPS) is 19.3. The first-order chi connectivity index (χ1) is 14.7. The minimum absolute atomic E-state index is 0.0207. The number of likely N-dealkylation sites (tertiary alicyclic amines) is 1. The Morgan fingerprint density at radius 3 is 2.55 bits per heavy atom. The second-order valence-electron chi connectivity index (χ2n) is 9.58. The molecule has 0 N–H and O–H groups in total. The number of ether oxygens (including phenoxy) is 2. The molecular formula is C24H34N2O4Si. The summed E-state index contributed by atoms with van der Waals surface area (Å²) >= 11 is 0. The molecule has 1 aromatic carbocycles. The Morgan fingerprint density at radius 1 is 1.16 bits per heavy atom. The average molecular weight is 443 g/mol. The molecule has 1 aromatic heterocycles. The van der Waals surface area contributed by atoms with Crippen LogP contribution in [0.25, 0.3) is 0 Å². The number of aromatic nitrogens is 1. The van der Waals surface area contributed by atoms with Crippen LogP contribution in [0.2, 0.25) is 18.1 Å². The molecule has 0 aliphatic carbocycles. The van der Waals surface area contributed by atoms with Gasteiger partial charge in [0.2, 0.25) is 0 Å². The van der Waals surface area contributed by atoms with E-state index in [1.54, 1.807) is 17.3 Å². The number of benzene rings is 1. The lowest BCUT2D eigenvalue weighted by molar-refractivity contribution is 0.0800. The van der Waals surface area contributed by atoms with Gasteiger partial charge in [0.15, 0.2) is 8.32 Å². The predicted octanol–water partition coefficient (Wildman–Crippen LogP) is 5.26. The number of amides is 1. The number of pyridine rings is 1. The van der Waals surface area contributed by atoms with Gasteiger partial charge in [0, 0.05) is 12.7 Å². The van der Waals surface area contributed by atoms with Gasteiger partial charge >= 0.3 is 6.09 Å². The maximum Gasteiger partial charge on any atom is 0.410 e. The van der Waals surface area contributed by atoms with E-state index in [0.717, 1.165) is 12.0 Å². The Hall–Kier alpha value is -2.38. The molecule has 168 valence electrons. The lowest BCUT2D eigenvalue weighted by Gasteiger charge is -2.38. The third kappa shape index (κ3) is 6.30. The van der Waals surface area contributed by atoms with E-state index in [0.29, 0.717) is 18.9 Å². The van der Waals surface area contributed by atoms with Gasteiger partial charge in [-0.05, 0) is 42.2 Å². The van der Waals surface area contributed by atoms with Crippen LogP contribution in [0.5, 0.6) is 5.75 Å². The van der Waals surface area contributed by atoms with E-state index < -0.39 is 8.32 Å². The van der Waals surface area contributed by atoms with Gasteiger partial charge in [-0.1, -0.05) is 51.1 Å². The molecule has 6 nitrogen and oxygen atoms in total. The summed E-state index contributed by atoms with van der Waals surface area (Å²) in [6.45, 7) is 12.3. The highest BCUT2D eigenvalue weighted by atomic mass is 28.4. The maximum absolute atomic E-state index is 12.9. The molecule has 1 aliphatic rings. The van der Waals surface area contributed by atoms with E-state index in [2.05, 4.69) is 38.8 Å². The van der Waals surface area contributed by atoms with Gasteiger partial charge in [-0.15, -0.1) is 0 Å². The van der Waals surface area contributed by atoms with Gasteiger partial charge in [-0.25, -0.2) is 4.79 Å². The summed E-state index contributed by atoms with van der Waals surface area (Å²) in [6.07, 6.45) is 3.76. The Kier molecular flexibility index (Phi) is 7.38. The fraction of sp³-hybridized carbons (Fsp3) is 0.500. The SMILES string of the molecule is CC(C)(C)[Si](C)(C)OC1C[C@@H](COc2cccnc2)N(C(=O)OCc2ccccc2)C1. The van der Waals surface area contributed by atoms with Crippen molar-refractivity contribution in [2.24, 2.45) is 0 Å². The Balaban J connectivity index is 1.67. The Morgan fingerprint density at radius 2 is 1.90 bits per heavy atom. The van der Waals surface area contributed by atoms with Crippen LogP contribution in [0.1, 0.15) is 32.8 Å². The number of carbonyl (C=O) groups excluding carboxylic acids is 1. The summed E-state index contributed by atoms with van der Waals surface area (Å²) in [5, 5.41) is 0.107. The highest BCUT2D eigenvalue weighted by molar-refractivity contribution is 6.74. The zero-order chi connectivity index (χ0) is 22.5. The second-order valence-corrected chi connectivity index (χ2v) is 14.3. The van der Waals surface area contributed by atoms with Crippen molar-refractivity contribution >= 4 is 14.4 Å². The number of carbonyl (C=O) groups is 1. The van der Waals surface area contributed by atoms with E-state index >= 15 is 0 Å². The monoisotopic (exact) mass is 442 g/mol. The fourth-order valence-corrected chi connectivity index (χ4v) is 4.72. The third-order valence-electron chi connectivity index (χ3n) is 6.16. The van der Waals surface area contributed by atoms with Crippen molar-refractivity contribution in [1.29, 1.82) is 0 Å². The first kappa shape index (κ1) is 23.3. The van der Waals surface area contributed by atoms with Crippen LogP contribution in [0.4, 0.5) is 4.79 Å². The van der Waals surface area contributed by atoms with E-state index in [1.165, 1.54) is 0 Å². The summed E-state index contributed by atoms with van der Waals surface area (Å²) in [6, 6.07) is 13.3. The molecule has 7 heteroatoms. The number of nitrogens with zero attached hydrogens (tertiary/aromatic N) is 2. The second kappa shape index (κ2) is 9.83. The molecule has 1 saturated heterocycles. The summed E-state index contributed by atoms with van der Waals surface area (Å²) in [5.41, 5.74) is 0.965. The molecule has 2 aromatic rings. The summed E-state index contributed by atoms with van der Waals surface area (Å²) in [5.74, 6) is 0.689. The van der Waals surface area contributed by atoms with Crippen LogP contribution in [0.3, 0.4) is 0 Å². The molecular weight excluding hydrogens is 408 g/mol. The lowest BCUT2D eigenvalue weighted by atomic mass is 10.2. The van der Waals surface area contributed by atoms with E-state index in [9.17, 15) is 4.79 Å². The minimum atomic E-state index is -1.95. The van der Waals surface area contributed by atoms with Crippen LogP contribution in [-0.2, 0) is 15.8 Å². The van der Waals surface area contributed by atoms with Gasteiger partial charge in [-0.2, -0.15) is 0 Å². The Labute approximate surface area is 186 Å². The third-order valence-corrected chi connectivity index (χ3v) is 10.7. The molecule has 0 saturated carbocycles. The molecule has 1 aliphatic heterocycles. The molecule has 0 radical (unpaired) electrons. The summed E-state index contributed by atoms with van der Waals surface area (Å²) in [7, 11) is -1.95. The topological polar surface area (TPSA) is 60.9 Å². The standard InChI is InChI=1S/C24H34N2O4Si/c1-24(2,3)31(4,5)30-22-14-20(18-28-21-12-9-13-25-15-21)26(16-22)23(27)29-17-19-10-7-6-8-11-19/h6-13,15,20,22H,14,16-18H2,1-5H3/t20-,22?/m0/s1. The zero-order valence-corrected chi connectivity index (χ0v) is 20.2. The molecule has 2 atom stereocenters. The van der Waals surface area contributed by atoms with Gasteiger partial charge in [0.05, 0.1) is 18.3 Å². The van der Waals surface area contributed by atoms with Crippen LogP contribution in [-0.4, -0.2) is 49.6 Å². The molecule has 0 bridgehead atoms. The highest BCUT2D eigenvalue weighted by Crippen LogP contribution is 2.39. The molecule has 0 spiro atoms. The van der Waals surface area contributed by atoms with Crippen molar-refractivity contribution in [1.82, 2.24) is 9.88 Å². The average Bonchev–Trinajstić information content (AvgIpc) is 3.13. The number of hydrogen-bond donors (Lipinski definition) is 0. The van der Waals surface area contributed by atoms with Crippen molar-refractivity contribution < 1.29 is 18.7 Å². The molecule has 2 heterocycles. The van der Waals surface area contributed by atoms with Gasteiger partial charge in [0.1, 0.15) is 19.0 Å². The fourth-order valence-electron chi connectivity index (χ4n) is 3.36.